The molecule has 1 heterocycles. The second-order valence-corrected chi connectivity index (χ2v) is 13.1. The van der Waals surface area contributed by atoms with Crippen molar-refractivity contribution in [1.82, 2.24) is 9.78 Å². The van der Waals surface area contributed by atoms with Gasteiger partial charge in [-0.2, -0.15) is 5.10 Å². The van der Waals surface area contributed by atoms with E-state index in [1.165, 1.54) is 6.07 Å². The molecule has 0 radical (unpaired) electrons. The largest absolute Gasteiger partial charge is 0.270 e. The SMILES string of the molecule is CC(C)S(=O)(=O)c1ccc(-c2nn(C(c3ccccc3)(c3ccccc3)c3ccccc3)c3ccc([N+](=O)[O-])cc23)cc1. The molecule has 0 atom stereocenters. The summed E-state index contributed by atoms with van der Waals surface area (Å²) in [6.45, 7) is 3.29. The van der Waals surface area contributed by atoms with Gasteiger partial charge in [0, 0.05) is 23.1 Å². The maximum Gasteiger partial charge on any atom is 0.270 e. The van der Waals surface area contributed by atoms with E-state index in [2.05, 4.69) is 36.4 Å². The van der Waals surface area contributed by atoms with Gasteiger partial charge in [0.25, 0.3) is 5.69 Å². The number of nitro benzene ring substituents is 1. The Labute approximate surface area is 250 Å². The third-order valence-electron chi connectivity index (χ3n) is 7.84. The van der Waals surface area contributed by atoms with E-state index < -0.39 is 25.5 Å². The second-order valence-electron chi connectivity index (χ2n) is 10.6. The van der Waals surface area contributed by atoms with E-state index in [0.717, 1.165) is 16.7 Å². The van der Waals surface area contributed by atoms with Crippen LogP contribution in [0.25, 0.3) is 22.2 Å². The molecule has 0 aliphatic heterocycles. The third-order valence-corrected chi connectivity index (χ3v) is 10.0. The maximum absolute atomic E-state index is 12.8. The summed E-state index contributed by atoms with van der Waals surface area (Å²) in [6.07, 6.45) is 0. The van der Waals surface area contributed by atoms with E-state index in [4.69, 9.17) is 5.10 Å². The van der Waals surface area contributed by atoms with Crippen molar-refractivity contribution in [2.45, 2.75) is 29.5 Å². The summed E-state index contributed by atoms with van der Waals surface area (Å²) in [5, 5.41) is 17.1. The number of hydrogen-bond donors (Lipinski definition) is 0. The first-order valence-corrected chi connectivity index (χ1v) is 15.5. The van der Waals surface area contributed by atoms with Crippen molar-refractivity contribution < 1.29 is 13.3 Å². The maximum atomic E-state index is 12.8. The molecule has 5 aromatic carbocycles. The fourth-order valence-corrected chi connectivity index (χ4v) is 6.73. The number of nitrogens with zero attached hydrogens (tertiary/aromatic N) is 3. The van der Waals surface area contributed by atoms with E-state index in [9.17, 15) is 18.5 Å². The Kier molecular flexibility index (Phi) is 7.15. The zero-order valence-electron chi connectivity index (χ0n) is 23.7. The topological polar surface area (TPSA) is 95.1 Å². The first-order chi connectivity index (χ1) is 20.7. The highest BCUT2D eigenvalue weighted by molar-refractivity contribution is 7.92. The van der Waals surface area contributed by atoms with Crippen LogP contribution in [0.4, 0.5) is 5.69 Å². The van der Waals surface area contributed by atoms with Crippen molar-refractivity contribution in [1.29, 1.82) is 0 Å². The highest BCUT2D eigenvalue weighted by Gasteiger charge is 2.41. The third kappa shape index (κ3) is 4.70. The summed E-state index contributed by atoms with van der Waals surface area (Å²) in [5.74, 6) is 0. The molecule has 8 heteroatoms. The molecular weight excluding hydrogens is 558 g/mol. The smallest absolute Gasteiger partial charge is 0.258 e. The zero-order chi connectivity index (χ0) is 30.2. The lowest BCUT2D eigenvalue weighted by Gasteiger charge is -2.37. The number of benzene rings is 5. The van der Waals surface area contributed by atoms with Gasteiger partial charge in [0.1, 0.15) is 11.2 Å². The average Bonchev–Trinajstić information content (AvgIpc) is 3.42. The summed E-state index contributed by atoms with van der Waals surface area (Å²) in [4.78, 5) is 11.7. The molecule has 0 spiro atoms. The molecule has 7 nitrogen and oxygen atoms in total. The number of sulfone groups is 1. The van der Waals surface area contributed by atoms with E-state index in [1.54, 1.807) is 50.2 Å². The van der Waals surface area contributed by atoms with Crippen LogP contribution >= 0.6 is 0 Å². The number of rotatable bonds is 8. The minimum Gasteiger partial charge on any atom is -0.258 e. The van der Waals surface area contributed by atoms with E-state index in [1.807, 2.05) is 59.3 Å². The van der Waals surface area contributed by atoms with Gasteiger partial charge in [0.2, 0.25) is 0 Å². The van der Waals surface area contributed by atoms with Crippen molar-refractivity contribution in [2.24, 2.45) is 0 Å². The molecule has 6 rings (SSSR count). The van der Waals surface area contributed by atoms with Crippen LogP contribution in [0.1, 0.15) is 30.5 Å². The standard InChI is InChI=1S/C35H29N3O4S/c1-25(2)43(41,42)31-21-18-26(19-22-31)34-32-24-30(38(39)40)20-23-33(32)37(36-34)35(27-12-6-3-7-13-27,28-14-8-4-9-15-28)29-16-10-5-11-17-29/h3-25H,1-2H3. The van der Waals surface area contributed by atoms with Crippen molar-refractivity contribution >= 4 is 26.4 Å². The molecule has 1 aromatic heterocycles. The minimum atomic E-state index is -3.48. The van der Waals surface area contributed by atoms with Crippen molar-refractivity contribution in [2.75, 3.05) is 0 Å². The molecule has 214 valence electrons. The van der Waals surface area contributed by atoms with Gasteiger partial charge in [-0.1, -0.05) is 103 Å². The fourth-order valence-electron chi connectivity index (χ4n) is 5.67. The van der Waals surface area contributed by atoms with E-state index in [0.29, 0.717) is 22.2 Å². The molecular formula is C35H29N3O4S. The van der Waals surface area contributed by atoms with Gasteiger partial charge in [-0.15, -0.1) is 0 Å². The van der Waals surface area contributed by atoms with Crippen LogP contribution in [-0.4, -0.2) is 28.4 Å². The molecule has 43 heavy (non-hydrogen) atoms. The predicted molar refractivity (Wildman–Crippen MR) is 169 cm³/mol. The van der Waals surface area contributed by atoms with Crippen LogP contribution in [0.15, 0.2) is 138 Å². The Morgan fingerprint density at radius 2 is 1.21 bits per heavy atom. The quantitative estimate of drug-likeness (QED) is 0.104. The minimum absolute atomic E-state index is 0.0583. The van der Waals surface area contributed by atoms with Crippen LogP contribution in [0.2, 0.25) is 0 Å². The Hall–Kier alpha value is -5.08. The molecule has 0 fully saturated rings. The van der Waals surface area contributed by atoms with Crippen molar-refractivity contribution in [3.63, 3.8) is 0 Å². The number of hydrogen-bond acceptors (Lipinski definition) is 5. The predicted octanol–water partition coefficient (Wildman–Crippen LogP) is 7.63. The summed E-state index contributed by atoms with van der Waals surface area (Å²) in [5.41, 5.74) is 3.72. The van der Waals surface area contributed by atoms with Crippen LogP contribution in [0.3, 0.4) is 0 Å². The Morgan fingerprint density at radius 3 is 1.65 bits per heavy atom. The molecule has 0 N–H and O–H groups in total. The van der Waals surface area contributed by atoms with Gasteiger partial charge >= 0.3 is 0 Å². The second kappa shape index (κ2) is 11.0. The van der Waals surface area contributed by atoms with Crippen LogP contribution in [-0.2, 0) is 15.4 Å². The first-order valence-electron chi connectivity index (χ1n) is 13.9. The van der Waals surface area contributed by atoms with Gasteiger partial charge in [0.15, 0.2) is 9.84 Å². The molecule has 0 bridgehead atoms. The molecule has 0 aliphatic rings. The van der Waals surface area contributed by atoms with Gasteiger partial charge in [-0.25, -0.2) is 13.1 Å². The fraction of sp³-hybridized carbons (Fsp3) is 0.114. The molecule has 0 saturated heterocycles. The van der Waals surface area contributed by atoms with Crippen LogP contribution in [0, 0.1) is 10.1 Å². The first kappa shape index (κ1) is 28.1. The lowest BCUT2D eigenvalue weighted by atomic mass is 9.77. The Balaban J connectivity index is 1.72. The summed E-state index contributed by atoms with van der Waals surface area (Å²) in [7, 11) is -3.48. The summed E-state index contributed by atoms with van der Waals surface area (Å²) >= 11 is 0. The molecule has 0 saturated carbocycles. The number of nitro groups is 1. The van der Waals surface area contributed by atoms with E-state index >= 15 is 0 Å². The number of fused-ring (bicyclic) bond motifs is 1. The molecule has 0 aliphatic carbocycles. The number of non-ortho nitro benzene ring substituents is 1. The van der Waals surface area contributed by atoms with Crippen molar-refractivity contribution in [3.05, 3.63) is 160 Å². The normalized spacial score (nSPS) is 12.1. The molecule has 6 aromatic rings. The highest BCUT2D eigenvalue weighted by Crippen LogP contribution is 2.44. The van der Waals surface area contributed by atoms with Crippen LogP contribution in [0.5, 0.6) is 0 Å². The Bertz CT molecular complexity index is 1930. The molecule has 0 amide bonds. The van der Waals surface area contributed by atoms with Gasteiger partial charge < -0.3 is 0 Å². The van der Waals surface area contributed by atoms with Crippen molar-refractivity contribution in [3.8, 4) is 11.3 Å². The molecule has 0 unspecified atom stereocenters. The zero-order valence-corrected chi connectivity index (χ0v) is 24.5. The van der Waals surface area contributed by atoms with Gasteiger partial charge in [-0.3, -0.25) is 10.1 Å². The lowest BCUT2D eigenvalue weighted by Crippen LogP contribution is -2.38. The van der Waals surface area contributed by atoms with Crippen LogP contribution < -0.4 is 0 Å². The lowest BCUT2D eigenvalue weighted by molar-refractivity contribution is -0.384. The monoisotopic (exact) mass is 587 g/mol. The summed E-state index contributed by atoms with van der Waals surface area (Å²) < 4.78 is 27.6. The highest BCUT2D eigenvalue weighted by atomic mass is 32.2. The van der Waals surface area contributed by atoms with Gasteiger partial charge in [-0.05, 0) is 48.7 Å². The Morgan fingerprint density at radius 1 is 0.721 bits per heavy atom. The number of aromatic nitrogens is 2. The van der Waals surface area contributed by atoms with Gasteiger partial charge in [0.05, 0.1) is 20.6 Å². The summed E-state index contributed by atoms with van der Waals surface area (Å²) in [6, 6.07) is 41.5. The average molecular weight is 588 g/mol. The van der Waals surface area contributed by atoms with E-state index in [-0.39, 0.29) is 10.6 Å².